The Morgan fingerprint density at radius 2 is 1.47 bits per heavy atom. The smallest absolute Gasteiger partial charge is 0.253 e. The zero-order valence-electron chi connectivity index (χ0n) is 19.4. The van der Waals surface area contributed by atoms with E-state index in [1.54, 1.807) is 17.0 Å². The van der Waals surface area contributed by atoms with Gasteiger partial charge in [0.1, 0.15) is 6.04 Å². The SMILES string of the molecule is Cc1ccc(C(=O)NC(C(=O)N2CCCN(C(=O)c3cccc(C)c3)CC2)C(C)C)cc1. The van der Waals surface area contributed by atoms with Crippen LogP contribution in [0.15, 0.2) is 48.5 Å². The number of hydrogen-bond donors (Lipinski definition) is 1. The van der Waals surface area contributed by atoms with Gasteiger partial charge >= 0.3 is 0 Å². The maximum absolute atomic E-state index is 13.3. The Bertz CT molecular complexity index is 969. The van der Waals surface area contributed by atoms with E-state index in [1.807, 2.05) is 69.0 Å². The van der Waals surface area contributed by atoms with Crippen LogP contribution in [0.5, 0.6) is 0 Å². The van der Waals surface area contributed by atoms with Crippen LogP contribution in [0.25, 0.3) is 0 Å². The van der Waals surface area contributed by atoms with Crippen LogP contribution >= 0.6 is 0 Å². The molecule has 1 fully saturated rings. The van der Waals surface area contributed by atoms with Crippen LogP contribution in [0.1, 0.15) is 52.1 Å². The molecule has 3 amide bonds. The molecule has 0 saturated carbocycles. The van der Waals surface area contributed by atoms with E-state index in [9.17, 15) is 14.4 Å². The van der Waals surface area contributed by atoms with Gasteiger partial charge in [-0.3, -0.25) is 14.4 Å². The summed E-state index contributed by atoms with van der Waals surface area (Å²) in [6, 6.07) is 14.3. The zero-order chi connectivity index (χ0) is 23.3. The predicted octanol–water partition coefficient (Wildman–Crippen LogP) is 3.43. The van der Waals surface area contributed by atoms with Crippen LogP contribution in [0.4, 0.5) is 0 Å². The Labute approximate surface area is 190 Å². The standard InChI is InChI=1S/C26H33N3O3/c1-18(2)23(27-24(30)21-11-9-19(3)10-12-21)26(32)29-14-6-13-28(15-16-29)25(31)22-8-5-7-20(4)17-22/h5,7-12,17-18,23H,6,13-16H2,1-4H3,(H,27,30). The summed E-state index contributed by atoms with van der Waals surface area (Å²) in [5.74, 6) is -0.394. The molecule has 0 radical (unpaired) electrons. The first-order valence-electron chi connectivity index (χ1n) is 11.3. The van der Waals surface area contributed by atoms with E-state index in [0.717, 1.165) is 11.1 Å². The van der Waals surface area contributed by atoms with Crippen molar-refractivity contribution in [3.05, 3.63) is 70.8 Å². The van der Waals surface area contributed by atoms with Gasteiger partial charge in [-0.25, -0.2) is 0 Å². The molecule has 2 aromatic carbocycles. The fraction of sp³-hybridized carbons (Fsp3) is 0.423. The topological polar surface area (TPSA) is 69.7 Å². The number of hydrogen-bond acceptors (Lipinski definition) is 3. The Kier molecular flexibility index (Phi) is 7.67. The summed E-state index contributed by atoms with van der Waals surface area (Å²) in [5.41, 5.74) is 3.34. The van der Waals surface area contributed by atoms with Crippen molar-refractivity contribution < 1.29 is 14.4 Å². The fourth-order valence-electron chi connectivity index (χ4n) is 3.94. The van der Waals surface area contributed by atoms with Crippen LogP contribution in [0.3, 0.4) is 0 Å². The minimum Gasteiger partial charge on any atom is -0.340 e. The van der Waals surface area contributed by atoms with Crippen molar-refractivity contribution in [1.82, 2.24) is 15.1 Å². The summed E-state index contributed by atoms with van der Waals surface area (Å²) in [4.78, 5) is 42.5. The largest absolute Gasteiger partial charge is 0.340 e. The number of carbonyl (C=O) groups is 3. The first-order chi connectivity index (χ1) is 15.3. The molecule has 6 nitrogen and oxygen atoms in total. The number of carbonyl (C=O) groups excluding carboxylic acids is 3. The average Bonchev–Trinajstić information content (AvgIpc) is 3.03. The summed E-state index contributed by atoms with van der Waals surface area (Å²) >= 11 is 0. The summed E-state index contributed by atoms with van der Waals surface area (Å²) in [5, 5.41) is 2.93. The first kappa shape index (κ1) is 23.5. The van der Waals surface area contributed by atoms with Crippen LogP contribution < -0.4 is 5.32 Å². The van der Waals surface area contributed by atoms with Crippen molar-refractivity contribution in [1.29, 1.82) is 0 Å². The van der Waals surface area contributed by atoms with Crippen LogP contribution in [0.2, 0.25) is 0 Å². The molecular formula is C26H33N3O3. The van der Waals surface area contributed by atoms with Crippen molar-refractivity contribution in [2.45, 2.75) is 40.2 Å². The molecule has 1 unspecified atom stereocenters. The molecule has 170 valence electrons. The average molecular weight is 436 g/mol. The molecule has 1 heterocycles. The van der Waals surface area contributed by atoms with Crippen molar-refractivity contribution in [2.75, 3.05) is 26.2 Å². The Morgan fingerprint density at radius 1 is 0.812 bits per heavy atom. The third kappa shape index (κ3) is 5.75. The van der Waals surface area contributed by atoms with Gasteiger partial charge in [-0.2, -0.15) is 0 Å². The van der Waals surface area contributed by atoms with E-state index >= 15 is 0 Å². The third-order valence-corrected chi connectivity index (χ3v) is 5.89. The number of benzene rings is 2. The summed E-state index contributed by atoms with van der Waals surface area (Å²) in [6.07, 6.45) is 0.708. The second-order valence-electron chi connectivity index (χ2n) is 8.90. The van der Waals surface area contributed by atoms with Gasteiger partial charge in [-0.1, -0.05) is 49.2 Å². The van der Waals surface area contributed by atoms with Crippen LogP contribution in [0, 0.1) is 19.8 Å². The number of aryl methyl sites for hydroxylation is 2. The molecule has 1 atom stereocenters. The number of nitrogens with one attached hydrogen (secondary N) is 1. The van der Waals surface area contributed by atoms with Crippen LogP contribution in [-0.2, 0) is 4.79 Å². The van der Waals surface area contributed by atoms with Gasteiger partial charge < -0.3 is 15.1 Å². The lowest BCUT2D eigenvalue weighted by molar-refractivity contribution is -0.134. The molecule has 6 heteroatoms. The monoisotopic (exact) mass is 435 g/mol. The van der Waals surface area contributed by atoms with E-state index < -0.39 is 6.04 Å². The van der Waals surface area contributed by atoms with E-state index in [-0.39, 0.29) is 23.6 Å². The van der Waals surface area contributed by atoms with Gasteiger partial charge in [0, 0.05) is 37.3 Å². The number of nitrogens with zero attached hydrogens (tertiary/aromatic N) is 2. The highest BCUT2D eigenvalue weighted by Gasteiger charge is 2.31. The Morgan fingerprint density at radius 3 is 2.12 bits per heavy atom. The molecule has 32 heavy (non-hydrogen) atoms. The molecule has 1 N–H and O–H groups in total. The number of amides is 3. The summed E-state index contributed by atoms with van der Waals surface area (Å²) < 4.78 is 0. The molecule has 3 rings (SSSR count). The molecule has 0 aromatic heterocycles. The molecular weight excluding hydrogens is 402 g/mol. The maximum Gasteiger partial charge on any atom is 0.253 e. The molecule has 0 spiro atoms. The van der Waals surface area contributed by atoms with Crippen molar-refractivity contribution in [3.63, 3.8) is 0 Å². The highest BCUT2D eigenvalue weighted by Crippen LogP contribution is 2.14. The summed E-state index contributed by atoms with van der Waals surface area (Å²) in [7, 11) is 0. The van der Waals surface area contributed by atoms with Gasteiger partial charge in [-0.05, 0) is 50.5 Å². The molecule has 1 saturated heterocycles. The second-order valence-corrected chi connectivity index (χ2v) is 8.90. The third-order valence-electron chi connectivity index (χ3n) is 5.89. The van der Waals surface area contributed by atoms with E-state index in [4.69, 9.17) is 0 Å². The van der Waals surface area contributed by atoms with E-state index in [0.29, 0.717) is 43.7 Å². The lowest BCUT2D eigenvalue weighted by atomic mass is 10.0. The minimum atomic E-state index is -0.608. The maximum atomic E-state index is 13.3. The first-order valence-corrected chi connectivity index (χ1v) is 11.3. The van der Waals surface area contributed by atoms with Crippen molar-refractivity contribution in [2.24, 2.45) is 5.92 Å². The lowest BCUT2D eigenvalue weighted by Gasteiger charge is -2.29. The van der Waals surface area contributed by atoms with Gasteiger partial charge in [0.25, 0.3) is 11.8 Å². The predicted molar refractivity (Wildman–Crippen MR) is 126 cm³/mol. The minimum absolute atomic E-state index is 0.00363. The molecule has 2 aromatic rings. The van der Waals surface area contributed by atoms with Gasteiger partial charge in [0.15, 0.2) is 0 Å². The molecule has 1 aliphatic rings. The van der Waals surface area contributed by atoms with Gasteiger partial charge in [0.05, 0.1) is 0 Å². The Hall–Kier alpha value is -3.15. The zero-order valence-corrected chi connectivity index (χ0v) is 19.4. The van der Waals surface area contributed by atoms with Gasteiger partial charge in [-0.15, -0.1) is 0 Å². The van der Waals surface area contributed by atoms with Gasteiger partial charge in [0.2, 0.25) is 5.91 Å². The highest BCUT2D eigenvalue weighted by atomic mass is 16.2. The lowest BCUT2D eigenvalue weighted by Crippen LogP contribution is -2.52. The second kappa shape index (κ2) is 10.4. The molecule has 1 aliphatic heterocycles. The highest BCUT2D eigenvalue weighted by molar-refractivity contribution is 5.98. The number of rotatable bonds is 5. The summed E-state index contributed by atoms with van der Waals surface area (Å²) in [6.45, 7) is 9.92. The van der Waals surface area contributed by atoms with E-state index in [1.165, 1.54) is 0 Å². The van der Waals surface area contributed by atoms with Crippen molar-refractivity contribution >= 4 is 17.7 Å². The Balaban J connectivity index is 1.65. The van der Waals surface area contributed by atoms with Crippen molar-refractivity contribution in [3.8, 4) is 0 Å². The van der Waals surface area contributed by atoms with E-state index in [2.05, 4.69) is 5.32 Å². The van der Waals surface area contributed by atoms with Crippen LogP contribution in [-0.4, -0.2) is 59.7 Å². The molecule has 0 bridgehead atoms. The normalized spacial score (nSPS) is 15.3. The quantitative estimate of drug-likeness (QED) is 0.782. The molecule has 0 aliphatic carbocycles. The fourth-order valence-corrected chi connectivity index (χ4v) is 3.94.